The predicted octanol–water partition coefficient (Wildman–Crippen LogP) is 4.64. The maximum atomic E-state index is 6.14. The van der Waals surface area contributed by atoms with Gasteiger partial charge in [0.2, 0.25) is 0 Å². The average Bonchev–Trinajstić information content (AvgIpc) is 2.56. The molecule has 0 bridgehead atoms. The largest absolute Gasteiger partial charge is 0.495 e. The van der Waals surface area contributed by atoms with Gasteiger partial charge in [-0.1, -0.05) is 43.8 Å². The van der Waals surface area contributed by atoms with Gasteiger partial charge in [0.1, 0.15) is 5.75 Å². The average molecular weight is 325 g/mol. The van der Waals surface area contributed by atoms with Crippen molar-refractivity contribution in [3.05, 3.63) is 60.3 Å². The highest BCUT2D eigenvalue weighted by Gasteiger charge is 2.15. The van der Waals surface area contributed by atoms with Crippen LogP contribution in [0.1, 0.15) is 25.8 Å². The lowest BCUT2D eigenvalue weighted by Crippen LogP contribution is -2.24. The third kappa shape index (κ3) is 4.44. The topological polar surface area (TPSA) is 50.5 Å². The summed E-state index contributed by atoms with van der Waals surface area (Å²) >= 11 is 0. The smallest absolute Gasteiger partial charge is 0.144 e. The van der Waals surface area contributed by atoms with Crippen molar-refractivity contribution in [3.63, 3.8) is 0 Å². The lowest BCUT2D eigenvalue weighted by Gasteiger charge is -2.27. The van der Waals surface area contributed by atoms with Crippen LogP contribution >= 0.6 is 0 Å². The van der Waals surface area contributed by atoms with Crippen LogP contribution in [0.15, 0.2) is 54.7 Å². The number of anilines is 3. The molecule has 128 valence electrons. The van der Waals surface area contributed by atoms with Crippen LogP contribution in [-0.2, 0) is 6.54 Å². The van der Waals surface area contributed by atoms with Crippen molar-refractivity contribution in [2.24, 2.45) is 0 Å². The highest BCUT2D eigenvalue weighted by molar-refractivity contribution is 5.78. The molecule has 0 spiro atoms. The molecule has 0 saturated heterocycles. The van der Waals surface area contributed by atoms with Crippen molar-refractivity contribution in [2.45, 2.75) is 26.8 Å². The summed E-state index contributed by atoms with van der Waals surface area (Å²) in [5.74, 6) is 0.782. The van der Waals surface area contributed by atoms with Gasteiger partial charge in [-0.15, -0.1) is 0 Å². The minimum Gasteiger partial charge on any atom is -0.495 e. The molecule has 0 aromatic heterocycles. The Labute approximate surface area is 144 Å². The number of allylic oxidation sites excluding steroid dienone is 1. The SMILES string of the molecule is C=C(C)Nc1cc(N(CCC)Cc2ccccc2)c(OC)cc1N. The van der Waals surface area contributed by atoms with E-state index in [1.807, 2.05) is 25.1 Å². The summed E-state index contributed by atoms with van der Waals surface area (Å²) in [6.07, 6.45) is 1.05. The van der Waals surface area contributed by atoms with Gasteiger partial charge in [0.15, 0.2) is 0 Å². The first-order chi connectivity index (χ1) is 11.5. The fraction of sp³-hybridized carbons (Fsp3) is 0.300. The second-order valence-electron chi connectivity index (χ2n) is 5.92. The number of methoxy groups -OCH3 is 1. The molecule has 2 rings (SSSR count). The third-order valence-electron chi connectivity index (χ3n) is 3.75. The number of hydrogen-bond donors (Lipinski definition) is 2. The van der Waals surface area contributed by atoms with Gasteiger partial charge in [-0.2, -0.15) is 0 Å². The van der Waals surface area contributed by atoms with Crippen LogP contribution in [0.3, 0.4) is 0 Å². The van der Waals surface area contributed by atoms with Crippen molar-refractivity contribution in [1.82, 2.24) is 0 Å². The molecule has 0 unspecified atom stereocenters. The number of nitrogens with zero attached hydrogens (tertiary/aromatic N) is 1. The van der Waals surface area contributed by atoms with Crippen molar-refractivity contribution < 1.29 is 4.74 Å². The van der Waals surface area contributed by atoms with Gasteiger partial charge in [0, 0.05) is 24.9 Å². The molecule has 2 aromatic carbocycles. The molecule has 0 amide bonds. The molecule has 0 atom stereocenters. The summed E-state index contributed by atoms with van der Waals surface area (Å²) in [4.78, 5) is 2.32. The maximum Gasteiger partial charge on any atom is 0.144 e. The van der Waals surface area contributed by atoms with Crippen molar-refractivity contribution in [3.8, 4) is 5.75 Å². The van der Waals surface area contributed by atoms with Crippen LogP contribution in [0.25, 0.3) is 0 Å². The van der Waals surface area contributed by atoms with Gasteiger partial charge in [-0.05, 0) is 25.0 Å². The van der Waals surface area contributed by atoms with Crippen molar-refractivity contribution >= 4 is 17.1 Å². The molecule has 3 N–H and O–H groups in total. The minimum absolute atomic E-state index is 0.648. The lowest BCUT2D eigenvalue weighted by molar-refractivity contribution is 0.414. The summed E-state index contributed by atoms with van der Waals surface area (Å²) in [5, 5.41) is 3.22. The Balaban J connectivity index is 2.41. The zero-order valence-corrected chi connectivity index (χ0v) is 14.8. The number of rotatable bonds is 8. The molecular formula is C20H27N3O. The lowest BCUT2D eigenvalue weighted by atomic mass is 10.1. The third-order valence-corrected chi connectivity index (χ3v) is 3.75. The predicted molar refractivity (Wildman–Crippen MR) is 104 cm³/mol. The van der Waals surface area contributed by atoms with Gasteiger partial charge in [0.25, 0.3) is 0 Å². The quantitative estimate of drug-likeness (QED) is 0.694. The Morgan fingerprint density at radius 3 is 2.54 bits per heavy atom. The highest BCUT2D eigenvalue weighted by atomic mass is 16.5. The van der Waals surface area contributed by atoms with Crippen LogP contribution in [0.5, 0.6) is 5.75 Å². The summed E-state index contributed by atoms with van der Waals surface area (Å²) in [6.45, 7) is 9.74. The van der Waals surface area contributed by atoms with E-state index in [9.17, 15) is 0 Å². The summed E-state index contributed by atoms with van der Waals surface area (Å²) < 4.78 is 5.58. The summed E-state index contributed by atoms with van der Waals surface area (Å²) in [7, 11) is 1.68. The monoisotopic (exact) mass is 325 g/mol. The van der Waals surface area contributed by atoms with Gasteiger partial charge in [-0.25, -0.2) is 0 Å². The Bertz CT molecular complexity index is 683. The zero-order valence-electron chi connectivity index (χ0n) is 14.8. The fourth-order valence-corrected chi connectivity index (χ4v) is 2.69. The molecule has 2 aromatic rings. The Morgan fingerprint density at radius 2 is 1.96 bits per heavy atom. The number of nitrogen functional groups attached to an aromatic ring is 1. The van der Waals surface area contributed by atoms with E-state index < -0.39 is 0 Å². The molecule has 0 radical (unpaired) electrons. The molecule has 4 heteroatoms. The van der Waals surface area contributed by atoms with E-state index in [0.29, 0.717) is 5.69 Å². The number of nitrogens with two attached hydrogens (primary N) is 1. The summed E-state index contributed by atoms with van der Waals surface area (Å²) in [6, 6.07) is 14.3. The van der Waals surface area contributed by atoms with E-state index in [1.165, 1.54) is 5.56 Å². The van der Waals surface area contributed by atoms with Crippen LogP contribution < -0.4 is 20.7 Å². The second-order valence-corrected chi connectivity index (χ2v) is 5.92. The molecule has 0 aliphatic rings. The molecule has 0 heterocycles. The standard InChI is InChI=1S/C20H27N3O/c1-5-11-23(14-16-9-7-6-8-10-16)19-13-18(22-15(2)3)17(21)12-20(19)24-4/h6-10,12-13,22H,2,5,11,14,21H2,1,3-4H3. The summed E-state index contributed by atoms with van der Waals surface area (Å²) in [5.41, 5.74) is 10.8. The molecule has 24 heavy (non-hydrogen) atoms. The number of hydrogen-bond acceptors (Lipinski definition) is 4. The van der Waals surface area contributed by atoms with Gasteiger partial charge < -0.3 is 20.7 Å². The van der Waals surface area contributed by atoms with Gasteiger partial charge in [-0.3, -0.25) is 0 Å². The Kier molecular flexibility index (Phi) is 6.13. The van der Waals surface area contributed by atoms with Crippen LogP contribution in [0.2, 0.25) is 0 Å². The molecule has 0 saturated carbocycles. The first kappa shape index (κ1) is 17.7. The van der Waals surface area contributed by atoms with Crippen LogP contribution in [0, 0.1) is 0 Å². The Morgan fingerprint density at radius 1 is 1.25 bits per heavy atom. The molecule has 0 aliphatic carbocycles. The number of benzene rings is 2. The molecule has 0 aliphatic heterocycles. The first-order valence-corrected chi connectivity index (χ1v) is 8.24. The van der Waals surface area contributed by atoms with Crippen LogP contribution in [-0.4, -0.2) is 13.7 Å². The van der Waals surface area contributed by atoms with E-state index in [-0.39, 0.29) is 0 Å². The fourth-order valence-electron chi connectivity index (χ4n) is 2.69. The van der Waals surface area contributed by atoms with Gasteiger partial charge in [0.05, 0.1) is 24.2 Å². The number of ether oxygens (including phenoxy) is 1. The van der Waals surface area contributed by atoms with Crippen molar-refractivity contribution in [1.29, 1.82) is 0 Å². The van der Waals surface area contributed by atoms with E-state index in [2.05, 4.69) is 48.0 Å². The van der Waals surface area contributed by atoms with E-state index in [0.717, 1.165) is 42.3 Å². The van der Waals surface area contributed by atoms with Crippen molar-refractivity contribution in [2.75, 3.05) is 29.6 Å². The zero-order chi connectivity index (χ0) is 17.5. The van der Waals surface area contributed by atoms with Gasteiger partial charge >= 0.3 is 0 Å². The van der Waals surface area contributed by atoms with E-state index in [1.54, 1.807) is 7.11 Å². The van der Waals surface area contributed by atoms with Crippen LogP contribution in [0.4, 0.5) is 17.1 Å². The first-order valence-electron chi connectivity index (χ1n) is 8.24. The Hall–Kier alpha value is -2.62. The van der Waals surface area contributed by atoms with E-state index in [4.69, 9.17) is 10.5 Å². The normalized spacial score (nSPS) is 10.3. The maximum absolute atomic E-state index is 6.14. The van der Waals surface area contributed by atoms with E-state index >= 15 is 0 Å². The molecule has 4 nitrogen and oxygen atoms in total. The number of nitrogens with one attached hydrogen (secondary N) is 1. The molecule has 0 fully saturated rings. The molecular weight excluding hydrogens is 298 g/mol. The highest BCUT2D eigenvalue weighted by Crippen LogP contribution is 2.37. The second kappa shape index (κ2) is 8.29. The minimum atomic E-state index is 0.648.